The predicted octanol–water partition coefficient (Wildman–Crippen LogP) is 3.44. The van der Waals surface area contributed by atoms with Crippen molar-refractivity contribution in [2.45, 2.75) is 31.8 Å². The summed E-state index contributed by atoms with van der Waals surface area (Å²) in [6, 6.07) is 6.63. The van der Waals surface area contributed by atoms with Crippen LogP contribution < -0.4 is 10.1 Å². The first-order chi connectivity index (χ1) is 10.8. The summed E-state index contributed by atoms with van der Waals surface area (Å²) in [6.07, 6.45) is 2.08. The summed E-state index contributed by atoms with van der Waals surface area (Å²) in [5, 5.41) is 3.35. The van der Waals surface area contributed by atoms with Crippen LogP contribution >= 0.6 is 11.8 Å². The predicted molar refractivity (Wildman–Crippen MR) is 93.5 cm³/mol. The number of thioether (sulfide) groups is 1. The van der Waals surface area contributed by atoms with Gasteiger partial charge in [-0.15, -0.1) is 0 Å². The Morgan fingerprint density at radius 1 is 1.35 bits per heavy atom. The molecule has 0 aromatic heterocycles. The maximum absolute atomic E-state index is 12.1. The Labute approximate surface area is 141 Å². The molecule has 0 saturated heterocycles. The van der Waals surface area contributed by atoms with E-state index in [9.17, 15) is 8.78 Å². The summed E-state index contributed by atoms with van der Waals surface area (Å²) in [4.78, 5) is 6.26. The summed E-state index contributed by atoms with van der Waals surface area (Å²) in [7, 11) is 3.68. The van der Waals surface area contributed by atoms with Crippen LogP contribution in [0.2, 0.25) is 0 Å². The normalized spacial score (nSPS) is 12.4. The lowest BCUT2D eigenvalue weighted by atomic mass is 10.2. The van der Waals surface area contributed by atoms with Gasteiger partial charge in [0.15, 0.2) is 5.96 Å². The summed E-state index contributed by atoms with van der Waals surface area (Å²) >= 11 is 1.79. The van der Waals surface area contributed by atoms with E-state index in [0.29, 0.717) is 6.54 Å². The Bertz CT molecular complexity index is 507. The lowest BCUT2D eigenvalue weighted by Crippen LogP contribution is -2.43. The molecule has 23 heavy (non-hydrogen) atoms. The maximum atomic E-state index is 12.1. The van der Waals surface area contributed by atoms with Crippen LogP contribution in [0, 0.1) is 0 Å². The van der Waals surface area contributed by atoms with Crippen LogP contribution in [-0.2, 0) is 6.54 Å². The Hall–Kier alpha value is -1.50. The fourth-order valence-electron chi connectivity index (χ4n) is 1.87. The van der Waals surface area contributed by atoms with Gasteiger partial charge in [-0.1, -0.05) is 12.1 Å². The molecule has 0 heterocycles. The fourth-order valence-corrected chi connectivity index (χ4v) is 2.09. The molecule has 0 aliphatic heterocycles. The molecule has 1 aromatic carbocycles. The minimum absolute atomic E-state index is 0.116. The van der Waals surface area contributed by atoms with Crippen molar-refractivity contribution in [3.8, 4) is 5.75 Å². The molecule has 0 radical (unpaired) electrons. The van der Waals surface area contributed by atoms with E-state index in [1.807, 2.05) is 11.9 Å². The van der Waals surface area contributed by atoms with Crippen LogP contribution in [0.25, 0.3) is 0 Å². The molecule has 0 unspecified atom stereocenters. The zero-order valence-electron chi connectivity index (χ0n) is 14.3. The molecule has 0 saturated carbocycles. The lowest BCUT2D eigenvalue weighted by Gasteiger charge is -2.27. The van der Waals surface area contributed by atoms with Gasteiger partial charge in [0.05, 0.1) is 0 Å². The second kappa shape index (κ2) is 8.96. The molecule has 130 valence electrons. The molecule has 0 aliphatic carbocycles. The smallest absolute Gasteiger partial charge is 0.387 e. The number of guanidine groups is 1. The molecule has 1 aromatic rings. The number of nitrogens with one attached hydrogen (secondary N) is 1. The van der Waals surface area contributed by atoms with Crippen molar-refractivity contribution in [1.29, 1.82) is 0 Å². The first kappa shape index (κ1) is 19.5. The Morgan fingerprint density at radius 3 is 2.43 bits per heavy atom. The van der Waals surface area contributed by atoms with E-state index in [4.69, 9.17) is 0 Å². The van der Waals surface area contributed by atoms with Crippen molar-refractivity contribution >= 4 is 17.7 Å². The SMILES string of the molecule is CN=C(NCC(C)(C)SC)N(C)Cc1ccc(OC(F)F)cc1. The highest BCUT2D eigenvalue weighted by Gasteiger charge is 2.17. The van der Waals surface area contributed by atoms with Gasteiger partial charge in [0.25, 0.3) is 0 Å². The van der Waals surface area contributed by atoms with Crippen LogP contribution in [0.15, 0.2) is 29.3 Å². The molecule has 1 N–H and O–H groups in total. The van der Waals surface area contributed by atoms with E-state index < -0.39 is 6.61 Å². The molecule has 0 aliphatic rings. The number of aliphatic imine (C=N–C) groups is 1. The van der Waals surface area contributed by atoms with Gasteiger partial charge in [-0.25, -0.2) is 0 Å². The van der Waals surface area contributed by atoms with Crippen molar-refractivity contribution in [3.63, 3.8) is 0 Å². The standard InChI is InChI=1S/C16H25F2N3OS/c1-16(2,23-5)11-20-15(19-3)21(4)10-12-6-8-13(9-7-12)22-14(17)18/h6-9,14H,10-11H2,1-5H3,(H,19,20). The van der Waals surface area contributed by atoms with Gasteiger partial charge in [0.1, 0.15) is 5.75 Å². The Kier molecular flexibility index (Phi) is 7.61. The second-order valence-electron chi connectivity index (χ2n) is 5.74. The highest BCUT2D eigenvalue weighted by Crippen LogP contribution is 2.20. The average Bonchev–Trinajstić information content (AvgIpc) is 2.49. The number of alkyl halides is 2. The molecule has 0 amide bonds. The van der Waals surface area contributed by atoms with E-state index in [2.05, 4.69) is 35.1 Å². The Morgan fingerprint density at radius 2 is 1.96 bits per heavy atom. The zero-order valence-corrected chi connectivity index (χ0v) is 15.1. The summed E-state index contributed by atoms with van der Waals surface area (Å²) in [5.41, 5.74) is 0.987. The molecular formula is C16H25F2N3OS. The van der Waals surface area contributed by atoms with E-state index >= 15 is 0 Å². The minimum atomic E-state index is -2.80. The zero-order chi connectivity index (χ0) is 17.5. The lowest BCUT2D eigenvalue weighted by molar-refractivity contribution is -0.0498. The van der Waals surface area contributed by atoms with Crippen LogP contribution in [0.3, 0.4) is 0 Å². The molecule has 0 spiro atoms. The number of hydrogen-bond donors (Lipinski definition) is 1. The Balaban J connectivity index is 2.60. The van der Waals surface area contributed by atoms with Crippen molar-refractivity contribution in [1.82, 2.24) is 10.2 Å². The first-order valence-corrected chi connectivity index (χ1v) is 8.50. The molecule has 4 nitrogen and oxygen atoms in total. The van der Waals surface area contributed by atoms with E-state index in [1.54, 1.807) is 43.1 Å². The quantitative estimate of drug-likeness (QED) is 0.607. The monoisotopic (exact) mass is 345 g/mol. The van der Waals surface area contributed by atoms with Crippen LogP contribution in [0.1, 0.15) is 19.4 Å². The molecule has 0 atom stereocenters. The van der Waals surface area contributed by atoms with Crippen molar-refractivity contribution in [2.75, 3.05) is 26.9 Å². The number of halogens is 2. The van der Waals surface area contributed by atoms with Gasteiger partial charge in [-0.3, -0.25) is 4.99 Å². The van der Waals surface area contributed by atoms with Crippen LogP contribution in [-0.4, -0.2) is 49.1 Å². The first-order valence-electron chi connectivity index (χ1n) is 7.28. The second-order valence-corrected chi connectivity index (χ2v) is 7.26. The van der Waals surface area contributed by atoms with Gasteiger partial charge in [0, 0.05) is 31.9 Å². The van der Waals surface area contributed by atoms with E-state index in [1.165, 1.54) is 0 Å². The number of rotatable bonds is 7. The number of benzene rings is 1. The van der Waals surface area contributed by atoms with Gasteiger partial charge < -0.3 is 15.0 Å². The van der Waals surface area contributed by atoms with E-state index in [0.717, 1.165) is 18.1 Å². The molecular weight excluding hydrogens is 320 g/mol. The average molecular weight is 345 g/mol. The third-order valence-electron chi connectivity index (χ3n) is 3.37. The van der Waals surface area contributed by atoms with Gasteiger partial charge >= 0.3 is 6.61 Å². The summed E-state index contributed by atoms with van der Waals surface area (Å²) in [5.74, 6) is 0.954. The van der Waals surface area contributed by atoms with Crippen molar-refractivity contribution < 1.29 is 13.5 Å². The number of nitrogens with zero attached hydrogens (tertiary/aromatic N) is 2. The van der Waals surface area contributed by atoms with Crippen molar-refractivity contribution in [3.05, 3.63) is 29.8 Å². The fraction of sp³-hybridized carbons (Fsp3) is 0.562. The topological polar surface area (TPSA) is 36.9 Å². The third-order valence-corrected chi connectivity index (χ3v) is 4.62. The van der Waals surface area contributed by atoms with Gasteiger partial charge in [-0.2, -0.15) is 20.5 Å². The summed E-state index contributed by atoms with van der Waals surface area (Å²) < 4.78 is 28.7. The maximum Gasteiger partial charge on any atom is 0.387 e. The highest BCUT2D eigenvalue weighted by molar-refractivity contribution is 7.99. The molecule has 0 fully saturated rings. The van der Waals surface area contributed by atoms with Crippen molar-refractivity contribution in [2.24, 2.45) is 4.99 Å². The molecule has 7 heteroatoms. The minimum Gasteiger partial charge on any atom is -0.435 e. The largest absolute Gasteiger partial charge is 0.435 e. The number of hydrogen-bond acceptors (Lipinski definition) is 3. The third kappa shape index (κ3) is 7.07. The number of ether oxygens (including phenoxy) is 1. The van der Waals surface area contributed by atoms with E-state index in [-0.39, 0.29) is 10.5 Å². The molecule has 0 bridgehead atoms. The van der Waals surface area contributed by atoms with Crippen LogP contribution in [0.5, 0.6) is 5.75 Å². The van der Waals surface area contributed by atoms with Gasteiger partial charge in [-0.05, 0) is 37.8 Å². The van der Waals surface area contributed by atoms with Crippen LogP contribution in [0.4, 0.5) is 8.78 Å². The molecule has 1 rings (SSSR count). The summed E-state index contributed by atoms with van der Waals surface area (Å²) in [6.45, 7) is 2.95. The highest BCUT2D eigenvalue weighted by atomic mass is 32.2. The van der Waals surface area contributed by atoms with Gasteiger partial charge in [0.2, 0.25) is 0 Å².